The van der Waals surface area contributed by atoms with Crippen molar-refractivity contribution in [3.05, 3.63) is 31.9 Å². The summed E-state index contributed by atoms with van der Waals surface area (Å²) in [5, 5.41) is 2.59. The molecule has 2 aromatic heterocycles. The molecule has 0 radical (unpaired) electrons. The highest BCUT2D eigenvalue weighted by molar-refractivity contribution is 7.89. The van der Waals surface area contributed by atoms with E-state index in [0.717, 1.165) is 21.9 Å². The van der Waals surface area contributed by atoms with Crippen molar-refractivity contribution in [2.24, 2.45) is 5.73 Å². The summed E-state index contributed by atoms with van der Waals surface area (Å²) in [5.41, 5.74) is 6.33. The lowest BCUT2D eigenvalue weighted by molar-refractivity contribution is 0.580. The lowest BCUT2D eigenvalue weighted by Crippen LogP contribution is -2.24. The molecule has 0 spiro atoms. The maximum Gasteiger partial charge on any atom is 0.242 e. The van der Waals surface area contributed by atoms with Crippen LogP contribution in [0.4, 0.5) is 0 Å². The van der Waals surface area contributed by atoms with Gasteiger partial charge in [-0.05, 0) is 24.3 Å². The molecular weight excluding hydrogens is 314 g/mol. The van der Waals surface area contributed by atoms with E-state index in [4.69, 9.17) is 5.73 Å². The minimum Gasteiger partial charge on any atom is -0.326 e. The van der Waals surface area contributed by atoms with E-state index in [0.29, 0.717) is 9.77 Å². The van der Waals surface area contributed by atoms with Crippen molar-refractivity contribution >= 4 is 32.7 Å². The number of thiazole rings is 1. The van der Waals surface area contributed by atoms with Crippen molar-refractivity contribution in [1.29, 1.82) is 0 Å². The van der Waals surface area contributed by atoms with Gasteiger partial charge in [0.25, 0.3) is 0 Å². The van der Waals surface area contributed by atoms with Crippen molar-refractivity contribution < 1.29 is 8.42 Å². The summed E-state index contributed by atoms with van der Waals surface area (Å²) in [4.78, 5) is 6.35. The molecule has 0 saturated carbocycles. The number of nitrogens with one attached hydrogen (secondary N) is 1. The molecule has 20 heavy (non-hydrogen) atoms. The van der Waals surface area contributed by atoms with Crippen molar-refractivity contribution in [2.75, 3.05) is 0 Å². The van der Waals surface area contributed by atoms with E-state index in [2.05, 4.69) is 9.71 Å². The van der Waals surface area contributed by atoms with Gasteiger partial charge in [-0.3, -0.25) is 0 Å². The first-order valence-corrected chi connectivity index (χ1v) is 9.36. The smallest absolute Gasteiger partial charge is 0.242 e. The molecule has 0 bridgehead atoms. The van der Waals surface area contributed by atoms with Gasteiger partial charge in [-0.1, -0.05) is 6.92 Å². The van der Waals surface area contributed by atoms with E-state index < -0.39 is 10.0 Å². The largest absolute Gasteiger partial charge is 0.326 e. The third-order valence-electron chi connectivity index (χ3n) is 2.81. The minimum absolute atomic E-state index is 0.215. The fraction of sp³-hybridized carbons (Fsp3) is 0.417. The highest BCUT2D eigenvalue weighted by atomic mass is 32.2. The Hall–Kier alpha value is -0.800. The van der Waals surface area contributed by atoms with Crippen LogP contribution < -0.4 is 10.5 Å². The quantitative estimate of drug-likeness (QED) is 0.848. The van der Waals surface area contributed by atoms with Crippen molar-refractivity contribution in [3.8, 4) is 0 Å². The number of hydrogen-bond acceptors (Lipinski definition) is 6. The number of aromatic nitrogens is 1. The molecular formula is C12H17N3O2S3. The predicted molar refractivity (Wildman–Crippen MR) is 82.5 cm³/mol. The van der Waals surface area contributed by atoms with Gasteiger partial charge >= 0.3 is 0 Å². The lowest BCUT2D eigenvalue weighted by atomic mass is 10.3. The lowest BCUT2D eigenvalue weighted by Gasteiger charge is -2.07. The van der Waals surface area contributed by atoms with Crippen LogP contribution in [0.3, 0.4) is 0 Å². The molecule has 8 heteroatoms. The topological polar surface area (TPSA) is 85.1 Å². The number of rotatable bonds is 6. The van der Waals surface area contributed by atoms with Crippen LogP contribution in [0.5, 0.6) is 0 Å². The van der Waals surface area contributed by atoms with Crippen molar-refractivity contribution in [3.63, 3.8) is 0 Å². The van der Waals surface area contributed by atoms with Crippen LogP contribution >= 0.6 is 22.7 Å². The Morgan fingerprint density at radius 2 is 2.20 bits per heavy atom. The maximum atomic E-state index is 12.4. The van der Waals surface area contributed by atoms with E-state index in [1.807, 2.05) is 12.3 Å². The summed E-state index contributed by atoms with van der Waals surface area (Å²) in [6.07, 6.45) is 2.70. The number of nitrogens with two attached hydrogens (primary N) is 1. The van der Waals surface area contributed by atoms with E-state index in [1.165, 1.54) is 22.7 Å². The van der Waals surface area contributed by atoms with Gasteiger partial charge < -0.3 is 5.73 Å². The molecule has 3 N–H and O–H groups in total. The second-order valence-corrected chi connectivity index (χ2v) is 8.14. The standard InChI is InChI=1S/C12H17N3O2S3/c1-3-9-5-14-11(19-9)6-15-20(16,17)12-8(2)7-18-10(12)4-13/h5,7,15H,3-4,6,13H2,1-2H3. The summed E-state index contributed by atoms with van der Waals surface area (Å²) in [7, 11) is -3.54. The molecule has 110 valence electrons. The van der Waals surface area contributed by atoms with Gasteiger partial charge in [-0.2, -0.15) is 0 Å². The molecule has 5 nitrogen and oxygen atoms in total. The van der Waals surface area contributed by atoms with Gasteiger partial charge in [0.1, 0.15) is 9.90 Å². The van der Waals surface area contributed by atoms with E-state index in [-0.39, 0.29) is 13.1 Å². The Morgan fingerprint density at radius 3 is 2.80 bits per heavy atom. The first-order valence-electron chi connectivity index (χ1n) is 6.18. The fourth-order valence-electron chi connectivity index (χ4n) is 1.81. The van der Waals surface area contributed by atoms with E-state index in [1.54, 1.807) is 13.1 Å². The molecule has 2 rings (SSSR count). The highest BCUT2D eigenvalue weighted by Gasteiger charge is 2.22. The average Bonchev–Trinajstić information content (AvgIpc) is 3.02. The van der Waals surface area contributed by atoms with Crippen LogP contribution in [0.25, 0.3) is 0 Å². The number of nitrogens with zero attached hydrogens (tertiary/aromatic N) is 1. The maximum absolute atomic E-state index is 12.4. The average molecular weight is 331 g/mol. The highest BCUT2D eigenvalue weighted by Crippen LogP contribution is 2.26. The third-order valence-corrected chi connectivity index (χ3v) is 6.83. The Balaban J connectivity index is 2.17. The molecule has 0 atom stereocenters. The zero-order valence-corrected chi connectivity index (χ0v) is 13.8. The number of thiophene rings is 1. The molecule has 0 aromatic carbocycles. The van der Waals surface area contributed by atoms with Crippen molar-refractivity contribution in [1.82, 2.24) is 9.71 Å². The van der Waals surface area contributed by atoms with Gasteiger partial charge in [-0.25, -0.2) is 18.1 Å². The second kappa shape index (κ2) is 6.31. The van der Waals surface area contributed by atoms with E-state index in [9.17, 15) is 8.42 Å². The van der Waals surface area contributed by atoms with Gasteiger partial charge in [0.05, 0.1) is 6.54 Å². The molecule has 2 heterocycles. The molecule has 2 aromatic rings. The molecule has 0 aliphatic carbocycles. The molecule has 0 fully saturated rings. The third kappa shape index (κ3) is 3.26. The fourth-order valence-corrected chi connectivity index (χ4v) is 5.39. The number of sulfonamides is 1. The SMILES string of the molecule is CCc1cnc(CNS(=O)(=O)c2c(C)csc2CN)s1. The molecule has 0 aliphatic heterocycles. The van der Waals surface area contributed by atoms with Gasteiger partial charge in [0.2, 0.25) is 10.0 Å². The Kier molecular flexibility index (Phi) is 4.92. The van der Waals surface area contributed by atoms with Crippen LogP contribution in [0, 0.1) is 6.92 Å². The summed E-state index contributed by atoms with van der Waals surface area (Å²) in [6, 6.07) is 0. The molecule has 0 aliphatic rings. The summed E-state index contributed by atoms with van der Waals surface area (Å²) in [6.45, 7) is 4.27. The first kappa shape index (κ1) is 15.6. The molecule has 0 unspecified atom stereocenters. The Labute approximate surface area is 126 Å². The van der Waals surface area contributed by atoms with E-state index >= 15 is 0 Å². The van der Waals surface area contributed by atoms with Crippen LogP contribution in [0.1, 0.15) is 27.2 Å². The Morgan fingerprint density at radius 1 is 1.45 bits per heavy atom. The van der Waals surface area contributed by atoms with Crippen LogP contribution in [-0.4, -0.2) is 13.4 Å². The zero-order chi connectivity index (χ0) is 14.8. The Bertz CT molecular complexity index is 689. The number of aryl methyl sites for hydroxylation is 2. The normalized spacial score (nSPS) is 11.9. The summed E-state index contributed by atoms with van der Waals surface area (Å²) in [5.74, 6) is 0. The van der Waals surface area contributed by atoms with Gasteiger partial charge in [0, 0.05) is 22.5 Å². The van der Waals surface area contributed by atoms with Crippen LogP contribution in [0.15, 0.2) is 16.5 Å². The van der Waals surface area contributed by atoms with Gasteiger partial charge in [0.15, 0.2) is 0 Å². The molecule has 0 saturated heterocycles. The molecule has 0 amide bonds. The van der Waals surface area contributed by atoms with Crippen LogP contribution in [0.2, 0.25) is 0 Å². The first-order chi connectivity index (χ1) is 9.47. The zero-order valence-electron chi connectivity index (χ0n) is 11.3. The van der Waals surface area contributed by atoms with Crippen molar-refractivity contribution in [2.45, 2.75) is 38.3 Å². The monoisotopic (exact) mass is 331 g/mol. The number of hydrogen-bond donors (Lipinski definition) is 2. The minimum atomic E-state index is -3.54. The summed E-state index contributed by atoms with van der Waals surface area (Å²) < 4.78 is 27.3. The van der Waals surface area contributed by atoms with Gasteiger partial charge in [-0.15, -0.1) is 22.7 Å². The predicted octanol–water partition coefficient (Wildman–Crippen LogP) is 2.01. The van der Waals surface area contributed by atoms with Crippen LogP contribution in [-0.2, 0) is 29.5 Å². The summed E-state index contributed by atoms with van der Waals surface area (Å²) >= 11 is 2.90. The second-order valence-electron chi connectivity index (χ2n) is 4.27.